The first-order valence-electron chi connectivity index (χ1n) is 8.99. The first-order chi connectivity index (χ1) is 13.3. The van der Waals surface area contributed by atoms with Crippen LogP contribution in [0.2, 0.25) is 0 Å². The van der Waals surface area contributed by atoms with E-state index in [9.17, 15) is 0 Å². The Labute approximate surface area is 162 Å². The van der Waals surface area contributed by atoms with Crippen LogP contribution in [0.4, 0.5) is 0 Å². The van der Waals surface area contributed by atoms with Gasteiger partial charge in [0.15, 0.2) is 6.29 Å². The normalized spacial score (nSPS) is 32.9. The van der Waals surface area contributed by atoms with E-state index in [1.54, 1.807) is 11.8 Å². The van der Waals surface area contributed by atoms with Crippen LogP contribution in [0, 0.1) is 5.92 Å². The van der Waals surface area contributed by atoms with Crippen LogP contribution in [0.3, 0.4) is 0 Å². The molecule has 2 aliphatic heterocycles. The fourth-order valence-electron chi connectivity index (χ4n) is 3.56. The van der Waals surface area contributed by atoms with Gasteiger partial charge in [-0.1, -0.05) is 72.3 Å². The van der Waals surface area contributed by atoms with Gasteiger partial charge >= 0.3 is 0 Å². The third kappa shape index (κ3) is 3.98. The van der Waals surface area contributed by atoms with Crippen LogP contribution < -0.4 is 0 Å². The maximum Gasteiger partial charge on any atom is 0.184 e. The van der Waals surface area contributed by atoms with E-state index in [4.69, 9.17) is 19.7 Å². The quantitative estimate of drug-likeness (QED) is 0.426. The lowest BCUT2D eigenvalue weighted by Crippen LogP contribution is -2.56. The molecule has 3 unspecified atom stereocenters. The Morgan fingerprint density at radius 3 is 2.44 bits per heavy atom. The van der Waals surface area contributed by atoms with E-state index >= 15 is 0 Å². The van der Waals surface area contributed by atoms with Crippen molar-refractivity contribution in [3.8, 4) is 0 Å². The molecule has 2 fully saturated rings. The second-order valence-corrected chi connectivity index (χ2v) is 7.88. The highest BCUT2D eigenvalue weighted by Gasteiger charge is 2.47. The van der Waals surface area contributed by atoms with Gasteiger partial charge in [0.1, 0.15) is 11.5 Å². The Bertz CT molecular complexity index is 801. The van der Waals surface area contributed by atoms with Gasteiger partial charge in [-0.3, -0.25) is 0 Å². The molecule has 0 spiro atoms. The van der Waals surface area contributed by atoms with Crippen molar-refractivity contribution in [1.82, 2.24) is 0 Å². The van der Waals surface area contributed by atoms with Crippen molar-refractivity contribution in [1.29, 1.82) is 0 Å². The number of hydrogen-bond acceptors (Lipinski definition) is 5. The zero-order valence-corrected chi connectivity index (χ0v) is 15.7. The number of benzene rings is 2. The van der Waals surface area contributed by atoms with E-state index in [2.05, 4.69) is 16.9 Å². The fraction of sp³-hybridized carbons (Fsp3) is 0.400. The summed E-state index contributed by atoms with van der Waals surface area (Å²) in [7, 11) is 0. The van der Waals surface area contributed by atoms with Crippen LogP contribution in [0.15, 0.2) is 70.7 Å². The number of fused-ring (bicyclic) bond motifs is 1. The van der Waals surface area contributed by atoms with Gasteiger partial charge < -0.3 is 14.2 Å². The lowest BCUT2D eigenvalue weighted by atomic mass is 9.89. The summed E-state index contributed by atoms with van der Waals surface area (Å²) in [4.78, 5) is 4.14. The third-order valence-corrected chi connectivity index (χ3v) is 6.12. The molecule has 0 saturated carbocycles. The zero-order valence-electron chi connectivity index (χ0n) is 14.9. The first kappa shape index (κ1) is 18.3. The van der Waals surface area contributed by atoms with Crippen LogP contribution in [0.25, 0.3) is 10.4 Å². The van der Waals surface area contributed by atoms with Gasteiger partial charge in [-0.05, 0) is 23.6 Å². The van der Waals surface area contributed by atoms with Crippen molar-refractivity contribution in [2.24, 2.45) is 11.0 Å². The minimum atomic E-state index is -0.427. The highest BCUT2D eigenvalue weighted by molar-refractivity contribution is 7.99. The smallest absolute Gasteiger partial charge is 0.184 e. The minimum absolute atomic E-state index is 0.0102. The highest BCUT2D eigenvalue weighted by Crippen LogP contribution is 2.42. The molecule has 2 heterocycles. The molecule has 0 radical (unpaired) electrons. The predicted molar refractivity (Wildman–Crippen MR) is 103 cm³/mol. The number of azide groups is 1. The molecule has 2 aliphatic rings. The summed E-state index contributed by atoms with van der Waals surface area (Å²) in [5.74, 6) is 0.0102. The summed E-state index contributed by atoms with van der Waals surface area (Å²) in [6.07, 6.45) is -0.804. The number of rotatable bonds is 4. The molecule has 2 saturated heterocycles. The molecular formula is C20H21N3O3S. The Morgan fingerprint density at radius 2 is 1.74 bits per heavy atom. The second kappa shape index (κ2) is 8.33. The molecule has 140 valence electrons. The summed E-state index contributed by atoms with van der Waals surface area (Å²) in [6.45, 7) is 2.51. The standard InChI is InChI=1S/C20H21N3O3S/c1-13-17(22-23-21)20(27-15-10-6-3-7-11-15)25-16-12-24-19(26-18(13)16)14-8-4-2-5-9-14/h2-11,13,16-20H,12H2,1H3/t13-,16?,17?,18-,19?,20-/m1/s1. The van der Waals surface area contributed by atoms with Crippen LogP contribution in [0.1, 0.15) is 18.8 Å². The highest BCUT2D eigenvalue weighted by atomic mass is 32.2. The van der Waals surface area contributed by atoms with Gasteiger partial charge in [0.05, 0.1) is 18.8 Å². The molecule has 6 atom stereocenters. The lowest BCUT2D eigenvalue weighted by Gasteiger charge is -2.47. The molecule has 27 heavy (non-hydrogen) atoms. The number of hydrogen-bond donors (Lipinski definition) is 0. The largest absolute Gasteiger partial charge is 0.358 e. The average Bonchev–Trinajstić information content (AvgIpc) is 2.72. The average molecular weight is 383 g/mol. The SMILES string of the molecule is C[C@@H]1C(N=[N+]=[N-])[C@@H](Sc2ccccc2)OC2COC(c3ccccc3)O[C@@H]21. The first-order valence-corrected chi connectivity index (χ1v) is 9.87. The van der Waals surface area contributed by atoms with Crippen LogP contribution in [0.5, 0.6) is 0 Å². The van der Waals surface area contributed by atoms with Gasteiger partial charge in [-0.15, -0.1) is 0 Å². The van der Waals surface area contributed by atoms with E-state index in [1.807, 2.05) is 60.7 Å². The summed E-state index contributed by atoms with van der Waals surface area (Å²) >= 11 is 1.57. The Balaban J connectivity index is 1.53. The monoisotopic (exact) mass is 383 g/mol. The van der Waals surface area contributed by atoms with E-state index in [1.165, 1.54) is 0 Å². The molecule has 4 rings (SSSR count). The van der Waals surface area contributed by atoms with Gasteiger partial charge in [-0.2, -0.15) is 0 Å². The molecule has 0 N–H and O–H groups in total. The minimum Gasteiger partial charge on any atom is -0.358 e. The predicted octanol–water partition coefficient (Wildman–Crippen LogP) is 4.93. The number of thioether (sulfide) groups is 1. The fourth-order valence-corrected chi connectivity index (χ4v) is 4.78. The topological polar surface area (TPSA) is 76.5 Å². The molecule has 0 aliphatic carbocycles. The summed E-state index contributed by atoms with van der Waals surface area (Å²) in [6, 6.07) is 19.5. The molecule has 2 aromatic carbocycles. The maximum atomic E-state index is 9.07. The van der Waals surface area contributed by atoms with E-state index in [0.29, 0.717) is 6.61 Å². The molecule has 6 nitrogen and oxygen atoms in total. The van der Waals surface area contributed by atoms with Crippen LogP contribution in [-0.4, -0.2) is 30.3 Å². The van der Waals surface area contributed by atoms with E-state index in [0.717, 1.165) is 10.5 Å². The summed E-state index contributed by atoms with van der Waals surface area (Å²) in [5.41, 5.74) is 9.77. The van der Waals surface area contributed by atoms with Crippen molar-refractivity contribution in [2.45, 2.75) is 41.8 Å². The van der Waals surface area contributed by atoms with E-state index < -0.39 is 6.29 Å². The van der Waals surface area contributed by atoms with Gasteiger partial charge in [0, 0.05) is 15.4 Å². The van der Waals surface area contributed by atoms with Crippen LogP contribution >= 0.6 is 11.8 Å². The second-order valence-electron chi connectivity index (χ2n) is 6.71. The molecule has 0 amide bonds. The van der Waals surface area contributed by atoms with Crippen molar-refractivity contribution < 1.29 is 14.2 Å². The van der Waals surface area contributed by atoms with Crippen LogP contribution in [-0.2, 0) is 14.2 Å². The lowest BCUT2D eigenvalue weighted by molar-refractivity contribution is -0.295. The molecular weight excluding hydrogens is 362 g/mol. The molecule has 2 aromatic rings. The summed E-state index contributed by atoms with van der Waals surface area (Å²) < 4.78 is 18.4. The third-order valence-electron chi connectivity index (χ3n) is 4.96. The maximum absolute atomic E-state index is 9.07. The van der Waals surface area contributed by atoms with Crippen molar-refractivity contribution >= 4 is 11.8 Å². The van der Waals surface area contributed by atoms with Gasteiger partial charge in [0.25, 0.3) is 0 Å². The number of nitrogens with zero attached hydrogens (tertiary/aromatic N) is 3. The number of ether oxygens (including phenoxy) is 3. The van der Waals surface area contributed by atoms with Gasteiger partial charge in [-0.25, -0.2) is 0 Å². The summed E-state index contributed by atoms with van der Waals surface area (Å²) in [5, 5.41) is 4.04. The van der Waals surface area contributed by atoms with Gasteiger partial charge in [0.2, 0.25) is 0 Å². The van der Waals surface area contributed by atoms with Crippen molar-refractivity contribution in [2.75, 3.05) is 6.61 Å². The Kier molecular flexibility index (Phi) is 5.66. The van der Waals surface area contributed by atoms with Crippen molar-refractivity contribution in [3.63, 3.8) is 0 Å². The molecule has 0 aromatic heterocycles. The van der Waals surface area contributed by atoms with E-state index in [-0.39, 0.29) is 29.6 Å². The zero-order chi connectivity index (χ0) is 18.6. The molecule has 7 heteroatoms. The Morgan fingerprint density at radius 1 is 1.04 bits per heavy atom. The molecule has 0 bridgehead atoms. The van der Waals surface area contributed by atoms with Crippen molar-refractivity contribution in [3.05, 3.63) is 76.7 Å². The Hall–Kier alpha value is -2.02.